The molecule has 2 unspecified atom stereocenters. The van der Waals surface area contributed by atoms with Gasteiger partial charge in [0.05, 0.1) is 36.2 Å². The molecule has 2 aromatic rings. The van der Waals surface area contributed by atoms with Crippen LogP contribution < -0.4 is 5.32 Å². The van der Waals surface area contributed by atoms with Crippen LogP contribution in [0.25, 0.3) is 0 Å². The van der Waals surface area contributed by atoms with Gasteiger partial charge in [-0.05, 0) is 43.0 Å². The number of halogens is 2. The minimum atomic E-state index is -1.15. The van der Waals surface area contributed by atoms with Gasteiger partial charge in [0.15, 0.2) is 11.4 Å². The number of benzene rings is 2. The Hall–Kier alpha value is -2.93. The first-order valence-electron chi connectivity index (χ1n) is 16.1. The summed E-state index contributed by atoms with van der Waals surface area (Å²) in [6.07, 6.45) is 2.84. The van der Waals surface area contributed by atoms with Crippen molar-refractivity contribution in [3.8, 4) is 5.75 Å². The van der Waals surface area contributed by atoms with Crippen LogP contribution in [0.5, 0.6) is 5.75 Å². The van der Waals surface area contributed by atoms with Gasteiger partial charge in [0.2, 0.25) is 0 Å². The van der Waals surface area contributed by atoms with Crippen LogP contribution in [0.2, 0.25) is 10.0 Å². The van der Waals surface area contributed by atoms with Gasteiger partial charge in [0.25, 0.3) is 0 Å². The summed E-state index contributed by atoms with van der Waals surface area (Å²) in [6, 6.07) is 10.7. The molecule has 4 aliphatic heterocycles. The number of para-hydroxylation sites is 1. The molecule has 11 nitrogen and oxygen atoms in total. The van der Waals surface area contributed by atoms with Crippen molar-refractivity contribution >= 4 is 47.3 Å². The van der Waals surface area contributed by atoms with Crippen LogP contribution in [0, 0.1) is 0 Å². The largest absolute Gasteiger partial charge is 0.515 e. The molecular weight excluding hydrogens is 633 g/mol. The number of nitrogens with one attached hydrogen (secondary N) is 1. The van der Waals surface area contributed by atoms with Crippen molar-refractivity contribution in [2.24, 2.45) is 0 Å². The first-order chi connectivity index (χ1) is 22.2. The van der Waals surface area contributed by atoms with Crippen LogP contribution in [-0.2, 0) is 22.5 Å². The third-order valence-corrected chi connectivity index (χ3v) is 11.3. The Kier molecular flexibility index (Phi) is 9.80. The molecule has 0 saturated carbocycles. The van der Waals surface area contributed by atoms with E-state index >= 15 is 0 Å². The molecule has 3 atom stereocenters. The van der Waals surface area contributed by atoms with E-state index in [9.17, 15) is 24.6 Å². The smallest absolute Gasteiger partial charge is 0.505 e. The van der Waals surface area contributed by atoms with Crippen molar-refractivity contribution < 1.29 is 33.8 Å². The fourth-order valence-electron chi connectivity index (χ4n) is 8.33. The zero-order valence-corrected chi connectivity index (χ0v) is 27.4. The number of phenolic OH excluding ortho intramolecular Hbond substituents is 1. The number of aromatic hydroxyl groups is 1. The Morgan fingerprint density at radius 3 is 2.41 bits per heavy atom. The number of aldehydes is 1. The summed E-state index contributed by atoms with van der Waals surface area (Å²) in [6.45, 7) is 5.06. The van der Waals surface area contributed by atoms with Gasteiger partial charge in [-0.1, -0.05) is 41.4 Å². The molecule has 248 valence electrons. The van der Waals surface area contributed by atoms with Crippen LogP contribution >= 0.6 is 23.2 Å². The van der Waals surface area contributed by atoms with E-state index in [-0.39, 0.29) is 47.4 Å². The molecule has 0 radical (unpaired) electrons. The Bertz CT molecular complexity index is 1440. The molecule has 2 aromatic carbocycles. The second kappa shape index (κ2) is 13.7. The van der Waals surface area contributed by atoms with Crippen LogP contribution in [0.3, 0.4) is 0 Å². The average molecular weight is 676 g/mol. The number of piperidine rings is 2. The topological polar surface area (TPSA) is 123 Å². The molecule has 6 rings (SSSR count). The lowest BCUT2D eigenvalue weighted by Crippen LogP contribution is -2.78. The fourth-order valence-corrected chi connectivity index (χ4v) is 8.87. The number of nitrogens with zero attached hydrogens (tertiary/aromatic N) is 4. The third-order valence-electron chi connectivity index (χ3n) is 10.7. The minimum absolute atomic E-state index is 0.0106. The molecule has 3 fully saturated rings. The zero-order chi connectivity index (χ0) is 32.5. The maximum atomic E-state index is 13.7. The number of amides is 3. The molecule has 3 N–H and O–H groups in total. The number of likely N-dealkylation sites (tertiary alicyclic amines) is 2. The lowest BCUT2D eigenvalue weighted by molar-refractivity contribution is -0.942. The number of fused-ring (bicyclic) bond motifs is 1. The second-order valence-corrected chi connectivity index (χ2v) is 13.8. The SMILES string of the molecule is O=CCC1(N2CCC(N3CCOCC3)CC2)CC(N2CCc3ccccc3NC2=O)CC[N@+]1(Cc1cc(Cl)c(O)c(Cl)c1)C(=O)O. The predicted molar refractivity (Wildman–Crippen MR) is 174 cm³/mol. The molecule has 0 aliphatic carbocycles. The van der Waals surface area contributed by atoms with E-state index in [1.807, 2.05) is 29.2 Å². The van der Waals surface area contributed by atoms with E-state index in [1.165, 1.54) is 0 Å². The molecule has 4 heterocycles. The number of quaternary nitrogens is 1. The number of anilines is 1. The molecular formula is C33H42Cl2N5O6+. The number of urea groups is 1. The lowest BCUT2D eigenvalue weighted by Gasteiger charge is -2.59. The van der Waals surface area contributed by atoms with E-state index in [2.05, 4.69) is 15.1 Å². The first kappa shape index (κ1) is 33.0. The van der Waals surface area contributed by atoms with Crippen molar-refractivity contribution in [3.05, 3.63) is 57.6 Å². The van der Waals surface area contributed by atoms with Crippen molar-refractivity contribution in [3.63, 3.8) is 0 Å². The number of phenols is 1. The molecule has 3 saturated heterocycles. The third kappa shape index (κ3) is 6.09. The lowest BCUT2D eigenvalue weighted by atomic mass is 9.81. The highest BCUT2D eigenvalue weighted by Crippen LogP contribution is 2.46. The quantitative estimate of drug-likeness (QED) is 0.276. The number of morpholine rings is 1. The highest BCUT2D eigenvalue weighted by atomic mass is 35.5. The van der Waals surface area contributed by atoms with Crippen molar-refractivity contribution in [1.29, 1.82) is 0 Å². The van der Waals surface area contributed by atoms with E-state index in [0.717, 1.165) is 43.5 Å². The van der Waals surface area contributed by atoms with E-state index in [0.29, 0.717) is 63.7 Å². The number of hydrogen-bond acceptors (Lipinski definition) is 7. The van der Waals surface area contributed by atoms with Gasteiger partial charge in [-0.25, -0.2) is 9.28 Å². The molecule has 0 bridgehead atoms. The van der Waals surface area contributed by atoms with E-state index < -0.39 is 16.2 Å². The normalized spacial score (nSPS) is 28.3. The Balaban J connectivity index is 1.37. The Morgan fingerprint density at radius 2 is 1.74 bits per heavy atom. The number of carbonyl (C=O) groups excluding carboxylic acids is 2. The summed E-state index contributed by atoms with van der Waals surface area (Å²) in [5.41, 5.74) is 1.24. The number of hydrogen-bond donors (Lipinski definition) is 3. The summed E-state index contributed by atoms with van der Waals surface area (Å²) in [4.78, 5) is 46.6. The van der Waals surface area contributed by atoms with Gasteiger partial charge in [-0.2, -0.15) is 4.79 Å². The molecule has 46 heavy (non-hydrogen) atoms. The summed E-state index contributed by atoms with van der Waals surface area (Å²) in [7, 11) is 0. The molecule has 4 aliphatic rings. The Morgan fingerprint density at radius 1 is 1.04 bits per heavy atom. The molecule has 13 heteroatoms. The van der Waals surface area contributed by atoms with E-state index in [1.54, 1.807) is 12.1 Å². The number of carboxylic acid groups (broad SMARTS) is 1. The number of carbonyl (C=O) groups is 3. The highest BCUT2D eigenvalue weighted by Gasteiger charge is 2.64. The molecule has 0 aromatic heterocycles. The van der Waals surface area contributed by atoms with Crippen molar-refractivity contribution in [1.82, 2.24) is 14.7 Å². The van der Waals surface area contributed by atoms with Crippen LogP contribution in [-0.4, -0.2) is 118 Å². The summed E-state index contributed by atoms with van der Waals surface area (Å²) in [5, 5.41) is 24.6. The van der Waals surface area contributed by atoms with Gasteiger partial charge in [0.1, 0.15) is 12.8 Å². The van der Waals surface area contributed by atoms with Crippen molar-refractivity contribution in [2.45, 2.75) is 62.8 Å². The van der Waals surface area contributed by atoms with Gasteiger partial charge in [-0.15, -0.1) is 0 Å². The zero-order valence-electron chi connectivity index (χ0n) is 25.9. The summed E-state index contributed by atoms with van der Waals surface area (Å²) in [5.74, 6) is -0.259. The van der Waals surface area contributed by atoms with Crippen molar-refractivity contribution in [2.75, 3.05) is 57.8 Å². The molecule has 3 amide bonds. The summed E-state index contributed by atoms with van der Waals surface area (Å²) < 4.78 is 5.13. The standard InChI is InChI=1S/C33H41Cl2N5O6/c34-27-19-23(20-28(35)30(27)42)22-40(32(44)45)15-8-26(39-12-5-24-3-1-2-4-29(24)36-31(39)43)21-33(40,9-16-41)38-10-6-25(7-11-38)37-13-17-46-18-14-37/h1-4,16,19-20,25-26H,5-15,17-18,21-22H2,(H2-,36,42,43,44,45)/p+1/t26?,33?,40-/m0/s1. The number of rotatable bonds is 7. The number of ether oxygens (including phenoxy) is 1. The van der Waals surface area contributed by atoms with Crippen LogP contribution in [0.4, 0.5) is 15.3 Å². The van der Waals surface area contributed by atoms with Crippen LogP contribution in [0.15, 0.2) is 36.4 Å². The van der Waals surface area contributed by atoms with Crippen LogP contribution in [0.1, 0.15) is 43.2 Å². The predicted octanol–water partition coefficient (Wildman–Crippen LogP) is 5.03. The average Bonchev–Trinajstić information content (AvgIpc) is 3.23. The second-order valence-electron chi connectivity index (χ2n) is 12.9. The maximum Gasteiger partial charge on any atom is 0.515 e. The monoisotopic (exact) mass is 674 g/mol. The van der Waals surface area contributed by atoms with Gasteiger partial charge >= 0.3 is 12.1 Å². The maximum absolute atomic E-state index is 13.7. The fraction of sp³-hybridized carbons (Fsp3) is 0.545. The Labute approximate surface area is 279 Å². The van der Waals surface area contributed by atoms with Gasteiger partial charge in [0, 0.05) is 68.9 Å². The van der Waals surface area contributed by atoms with E-state index in [4.69, 9.17) is 27.9 Å². The van der Waals surface area contributed by atoms with Gasteiger partial charge in [-0.3, -0.25) is 9.80 Å². The first-order valence-corrected chi connectivity index (χ1v) is 16.9. The highest BCUT2D eigenvalue weighted by molar-refractivity contribution is 6.37. The van der Waals surface area contributed by atoms with Gasteiger partial charge < -0.3 is 30.0 Å². The minimum Gasteiger partial charge on any atom is -0.505 e. The summed E-state index contributed by atoms with van der Waals surface area (Å²) >= 11 is 12.6. The molecule has 0 spiro atoms.